The maximum absolute atomic E-state index is 11.6. The molecule has 110 valence electrons. The molecule has 1 aliphatic heterocycles. The molecule has 0 bridgehead atoms. The number of nitrogens with one attached hydrogen (secondary N) is 1. The highest BCUT2D eigenvalue weighted by molar-refractivity contribution is 6.04. The molecule has 0 spiro atoms. The van der Waals surface area contributed by atoms with E-state index in [1.54, 1.807) is 6.07 Å². The van der Waals surface area contributed by atoms with Gasteiger partial charge in [-0.25, -0.2) is 0 Å². The van der Waals surface area contributed by atoms with Gasteiger partial charge < -0.3 is 16.8 Å². The molecule has 0 aliphatic carbocycles. The molecule has 5 heteroatoms. The second-order valence-corrected chi connectivity index (χ2v) is 6.09. The van der Waals surface area contributed by atoms with Crippen LogP contribution in [0.3, 0.4) is 0 Å². The zero-order chi connectivity index (χ0) is 15.0. The number of aromatic nitrogens is 1. The zero-order valence-electron chi connectivity index (χ0n) is 12.1. The lowest BCUT2D eigenvalue weighted by Gasteiger charge is -2.37. The molecule has 5 N–H and O–H groups in total. The van der Waals surface area contributed by atoms with Gasteiger partial charge in [-0.15, -0.1) is 0 Å². The number of rotatable bonds is 2. The van der Waals surface area contributed by atoms with E-state index in [1.165, 1.54) is 0 Å². The summed E-state index contributed by atoms with van der Waals surface area (Å²) in [6.45, 7) is 3.81. The molecule has 0 unspecified atom stereocenters. The van der Waals surface area contributed by atoms with Gasteiger partial charge in [-0.05, 0) is 18.6 Å². The summed E-state index contributed by atoms with van der Waals surface area (Å²) < 4.78 is 0. The van der Waals surface area contributed by atoms with E-state index in [1.807, 2.05) is 24.3 Å². The van der Waals surface area contributed by atoms with Crippen LogP contribution < -0.4 is 16.8 Å². The van der Waals surface area contributed by atoms with Gasteiger partial charge >= 0.3 is 0 Å². The fourth-order valence-corrected chi connectivity index (χ4v) is 3.13. The number of benzene rings is 1. The van der Waals surface area contributed by atoms with E-state index in [0.717, 1.165) is 30.6 Å². The Morgan fingerprint density at radius 3 is 2.90 bits per heavy atom. The van der Waals surface area contributed by atoms with E-state index < -0.39 is 5.91 Å². The van der Waals surface area contributed by atoms with Gasteiger partial charge in [-0.1, -0.05) is 25.1 Å². The van der Waals surface area contributed by atoms with Crippen LogP contribution in [0.1, 0.15) is 29.4 Å². The van der Waals surface area contributed by atoms with E-state index >= 15 is 0 Å². The van der Waals surface area contributed by atoms with Crippen LogP contribution in [0, 0.1) is 0 Å². The Morgan fingerprint density at radius 1 is 1.38 bits per heavy atom. The Morgan fingerprint density at radius 2 is 2.19 bits per heavy atom. The van der Waals surface area contributed by atoms with Gasteiger partial charge in [0, 0.05) is 35.6 Å². The summed E-state index contributed by atoms with van der Waals surface area (Å²) in [6.07, 6.45) is 0.872. The molecule has 1 amide bonds. The molecule has 1 fully saturated rings. The molecule has 3 rings (SSSR count). The van der Waals surface area contributed by atoms with Crippen molar-refractivity contribution in [3.8, 4) is 0 Å². The number of piperidine rings is 1. The largest absolute Gasteiger partial charge is 0.366 e. The lowest BCUT2D eigenvalue weighted by Crippen LogP contribution is -2.51. The van der Waals surface area contributed by atoms with E-state index in [9.17, 15) is 4.79 Å². The summed E-state index contributed by atoms with van der Waals surface area (Å²) in [4.78, 5) is 16.3. The summed E-state index contributed by atoms with van der Waals surface area (Å²) in [5.41, 5.74) is 13.5. The minimum Gasteiger partial charge on any atom is -0.366 e. The smallest absolute Gasteiger partial charge is 0.250 e. The summed E-state index contributed by atoms with van der Waals surface area (Å²) in [5.74, 6) is -0.450. The third-order valence-corrected chi connectivity index (χ3v) is 4.24. The topological polar surface area (TPSA) is 94.0 Å². The standard InChI is InChI=1S/C16H20N4O/c1-16(7-11(17)8-19-9-16)13-6-5-10-3-2-4-12(15(18)21)14(10)20-13/h2-6,11,19H,7-9,17H2,1H3,(H2,18,21)/t11-,16-/m1/s1. The summed E-state index contributed by atoms with van der Waals surface area (Å²) in [6, 6.07) is 9.61. The highest BCUT2D eigenvalue weighted by Crippen LogP contribution is 2.30. The Balaban J connectivity index is 2.12. The third kappa shape index (κ3) is 2.50. The van der Waals surface area contributed by atoms with Crippen molar-refractivity contribution in [1.29, 1.82) is 0 Å². The van der Waals surface area contributed by atoms with Crippen molar-refractivity contribution in [2.45, 2.75) is 24.8 Å². The molecular weight excluding hydrogens is 264 g/mol. The number of carbonyl (C=O) groups is 1. The number of carbonyl (C=O) groups excluding carboxylic acids is 1. The van der Waals surface area contributed by atoms with Crippen molar-refractivity contribution in [1.82, 2.24) is 10.3 Å². The highest BCUT2D eigenvalue weighted by atomic mass is 16.1. The lowest BCUT2D eigenvalue weighted by atomic mass is 9.77. The third-order valence-electron chi connectivity index (χ3n) is 4.24. The van der Waals surface area contributed by atoms with Gasteiger partial charge in [-0.3, -0.25) is 9.78 Å². The quantitative estimate of drug-likeness (QED) is 0.764. The number of primary amides is 1. The Kier molecular flexibility index (Phi) is 3.39. The first-order chi connectivity index (χ1) is 9.99. The van der Waals surface area contributed by atoms with Crippen LogP contribution in [0.25, 0.3) is 10.9 Å². The fraction of sp³-hybridized carbons (Fsp3) is 0.375. The van der Waals surface area contributed by atoms with Crippen molar-refractivity contribution < 1.29 is 4.79 Å². The Labute approximate surface area is 123 Å². The molecular formula is C16H20N4O. The molecule has 0 saturated carbocycles. The Hall–Kier alpha value is -1.98. The van der Waals surface area contributed by atoms with Gasteiger partial charge in [0.25, 0.3) is 5.91 Å². The molecule has 2 aromatic rings. The normalized spacial score (nSPS) is 25.9. The first kappa shape index (κ1) is 14.0. The van der Waals surface area contributed by atoms with Gasteiger partial charge in [0.05, 0.1) is 11.1 Å². The number of hydrogen-bond acceptors (Lipinski definition) is 4. The number of para-hydroxylation sites is 1. The second kappa shape index (κ2) is 5.09. The number of hydrogen-bond donors (Lipinski definition) is 3. The molecule has 2 heterocycles. The molecule has 1 saturated heterocycles. The maximum atomic E-state index is 11.6. The van der Waals surface area contributed by atoms with Gasteiger partial charge in [0.1, 0.15) is 0 Å². The van der Waals surface area contributed by atoms with Crippen LogP contribution in [-0.2, 0) is 5.41 Å². The van der Waals surface area contributed by atoms with E-state index in [0.29, 0.717) is 11.1 Å². The predicted molar refractivity (Wildman–Crippen MR) is 83.1 cm³/mol. The van der Waals surface area contributed by atoms with Gasteiger partial charge in [0.2, 0.25) is 0 Å². The van der Waals surface area contributed by atoms with Crippen LogP contribution in [0.4, 0.5) is 0 Å². The highest BCUT2D eigenvalue weighted by Gasteiger charge is 2.33. The average molecular weight is 284 g/mol. The van der Waals surface area contributed by atoms with Crippen LogP contribution in [0.2, 0.25) is 0 Å². The number of pyridine rings is 1. The fourth-order valence-electron chi connectivity index (χ4n) is 3.13. The van der Waals surface area contributed by atoms with Crippen LogP contribution in [0.15, 0.2) is 30.3 Å². The molecule has 1 aromatic heterocycles. The van der Waals surface area contributed by atoms with Crippen LogP contribution in [-0.4, -0.2) is 30.0 Å². The minimum absolute atomic E-state index is 0.118. The number of nitrogens with zero attached hydrogens (tertiary/aromatic N) is 1. The van der Waals surface area contributed by atoms with Crippen molar-refractivity contribution in [3.05, 3.63) is 41.6 Å². The average Bonchev–Trinajstić information content (AvgIpc) is 2.45. The van der Waals surface area contributed by atoms with Crippen molar-refractivity contribution >= 4 is 16.8 Å². The number of nitrogens with two attached hydrogens (primary N) is 2. The van der Waals surface area contributed by atoms with Crippen LogP contribution >= 0.6 is 0 Å². The van der Waals surface area contributed by atoms with Gasteiger partial charge in [-0.2, -0.15) is 0 Å². The monoisotopic (exact) mass is 284 g/mol. The molecule has 1 aromatic carbocycles. The first-order valence-electron chi connectivity index (χ1n) is 7.16. The van der Waals surface area contributed by atoms with Crippen molar-refractivity contribution in [2.24, 2.45) is 11.5 Å². The van der Waals surface area contributed by atoms with Crippen LogP contribution in [0.5, 0.6) is 0 Å². The minimum atomic E-state index is -0.450. The lowest BCUT2D eigenvalue weighted by molar-refractivity contribution is 0.100. The predicted octanol–water partition coefficient (Wildman–Crippen LogP) is 0.912. The first-order valence-corrected chi connectivity index (χ1v) is 7.16. The maximum Gasteiger partial charge on any atom is 0.250 e. The summed E-state index contributed by atoms with van der Waals surface area (Å²) in [5, 5.41) is 4.28. The van der Waals surface area contributed by atoms with E-state index in [-0.39, 0.29) is 11.5 Å². The number of fused-ring (bicyclic) bond motifs is 1. The SMILES string of the molecule is C[C@]1(c2ccc3cccc(C(N)=O)c3n2)CNC[C@H](N)C1. The second-order valence-electron chi connectivity index (χ2n) is 6.09. The summed E-state index contributed by atoms with van der Waals surface area (Å²) in [7, 11) is 0. The Bertz CT molecular complexity index is 700. The zero-order valence-corrected chi connectivity index (χ0v) is 12.1. The molecule has 0 radical (unpaired) electrons. The molecule has 21 heavy (non-hydrogen) atoms. The van der Waals surface area contributed by atoms with Crippen molar-refractivity contribution in [3.63, 3.8) is 0 Å². The number of amides is 1. The molecule has 1 aliphatic rings. The van der Waals surface area contributed by atoms with E-state index in [4.69, 9.17) is 16.5 Å². The summed E-state index contributed by atoms with van der Waals surface area (Å²) >= 11 is 0. The van der Waals surface area contributed by atoms with Gasteiger partial charge in [0.15, 0.2) is 0 Å². The van der Waals surface area contributed by atoms with Crippen molar-refractivity contribution in [2.75, 3.05) is 13.1 Å². The molecule has 2 atom stereocenters. The van der Waals surface area contributed by atoms with E-state index in [2.05, 4.69) is 12.2 Å². The molecule has 5 nitrogen and oxygen atoms in total.